The summed E-state index contributed by atoms with van der Waals surface area (Å²) in [6.45, 7) is 8.88. The van der Waals surface area contributed by atoms with E-state index in [1.165, 1.54) is 0 Å². The maximum atomic E-state index is 11.8. The molecule has 2 heterocycles. The molecule has 1 aliphatic heterocycles. The van der Waals surface area contributed by atoms with Gasteiger partial charge in [0.05, 0.1) is 25.5 Å². The number of amides is 2. The third kappa shape index (κ3) is 5.02. The SMILES string of the molecule is CC(C)[C@H](CNC(=O)NCc1ccn[nH]1)N1CCOCC1. The summed E-state index contributed by atoms with van der Waals surface area (Å²) in [4.78, 5) is 14.2. The Morgan fingerprint density at radius 2 is 2.19 bits per heavy atom. The number of aromatic nitrogens is 2. The number of morpholine rings is 1. The number of urea groups is 1. The third-order valence-corrected chi connectivity index (χ3v) is 3.75. The molecular formula is C14H25N5O2. The topological polar surface area (TPSA) is 82.3 Å². The first-order valence-corrected chi connectivity index (χ1v) is 7.48. The number of hydrogen-bond donors (Lipinski definition) is 3. The first-order valence-electron chi connectivity index (χ1n) is 7.48. The number of nitrogens with zero attached hydrogens (tertiary/aromatic N) is 2. The number of aromatic amines is 1. The van der Waals surface area contributed by atoms with Gasteiger partial charge in [-0.05, 0) is 12.0 Å². The summed E-state index contributed by atoms with van der Waals surface area (Å²) in [6, 6.07) is 2.03. The molecule has 1 fully saturated rings. The summed E-state index contributed by atoms with van der Waals surface area (Å²) in [7, 11) is 0. The number of carbonyl (C=O) groups is 1. The molecule has 2 amide bonds. The molecule has 1 saturated heterocycles. The lowest BCUT2D eigenvalue weighted by atomic mass is 10.0. The molecule has 3 N–H and O–H groups in total. The second-order valence-electron chi connectivity index (χ2n) is 5.61. The monoisotopic (exact) mass is 295 g/mol. The van der Waals surface area contributed by atoms with Gasteiger partial charge in [0.2, 0.25) is 0 Å². The van der Waals surface area contributed by atoms with E-state index in [4.69, 9.17) is 4.74 Å². The average molecular weight is 295 g/mol. The Morgan fingerprint density at radius 1 is 1.43 bits per heavy atom. The summed E-state index contributed by atoms with van der Waals surface area (Å²) in [6.07, 6.45) is 1.67. The van der Waals surface area contributed by atoms with Crippen LogP contribution in [-0.2, 0) is 11.3 Å². The van der Waals surface area contributed by atoms with Gasteiger partial charge in [-0.2, -0.15) is 5.10 Å². The van der Waals surface area contributed by atoms with E-state index in [0.29, 0.717) is 25.0 Å². The highest BCUT2D eigenvalue weighted by molar-refractivity contribution is 5.73. The molecule has 7 heteroatoms. The van der Waals surface area contributed by atoms with Crippen LogP contribution in [0.15, 0.2) is 12.3 Å². The van der Waals surface area contributed by atoms with Crippen LogP contribution in [0.1, 0.15) is 19.5 Å². The van der Waals surface area contributed by atoms with Crippen LogP contribution in [0.2, 0.25) is 0 Å². The minimum absolute atomic E-state index is 0.150. The van der Waals surface area contributed by atoms with Crippen molar-refractivity contribution < 1.29 is 9.53 Å². The van der Waals surface area contributed by atoms with E-state index in [2.05, 4.69) is 39.6 Å². The fraction of sp³-hybridized carbons (Fsp3) is 0.714. The highest BCUT2D eigenvalue weighted by Gasteiger charge is 2.24. The van der Waals surface area contributed by atoms with Crippen LogP contribution < -0.4 is 10.6 Å². The van der Waals surface area contributed by atoms with Crippen LogP contribution in [0.5, 0.6) is 0 Å². The van der Waals surface area contributed by atoms with Crippen molar-refractivity contribution in [2.24, 2.45) is 5.92 Å². The van der Waals surface area contributed by atoms with Gasteiger partial charge in [-0.1, -0.05) is 13.8 Å². The molecule has 0 aromatic carbocycles. The quantitative estimate of drug-likeness (QED) is 0.716. The normalized spacial score (nSPS) is 17.7. The molecule has 0 bridgehead atoms. The largest absolute Gasteiger partial charge is 0.379 e. The molecule has 0 spiro atoms. The van der Waals surface area contributed by atoms with Crippen molar-refractivity contribution >= 4 is 6.03 Å². The van der Waals surface area contributed by atoms with Crippen molar-refractivity contribution in [3.05, 3.63) is 18.0 Å². The van der Waals surface area contributed by atoms with E-state index in [9.17, 15) is 4.79 Å². The molecule has 21 heavy (non-hydrogen) atoms. The Morgan fingerprint density at radius 3 is 2.81 bits per heavy atom. The molecule has 0 radical (unpaired) electrons. The summed E-state index contributed by atoms with van der Waals surface area (Å²) in [5.74, 6) is 0.482. The number of hydrogen-bond acceptors (Lipinski definition) is 4. The van der Waals surface area contributed by atoms with Crippen LogP contribution in [0.4, 0.5) is 4.79 Å². The maximum Gasteiger partial charge on any atom is 0.315 e. The van der Waals surface area contributed by atoms with Crippen molar-refractivity contribution in [2.45, 2.75) is 26.4 Å². The molecule has 0 aliphatic carbocycles. The summed E-state index contributed by atoms with van der Waals surface area (Å²) < 4.78 is 5.38. The Bertz CT molecular complexity index is 415. The minimum Gasteiger partial charge on any atom is -0.379 e. The number of H-pyrrole nitrogens is 1. The minimum atomic E-state index is -0.150. The van der Waals surface area contributed by atoms with Crippen molar-refractivity contribution in [1.29, 1.82) is 0 Å². The lowest BCUT2D eigenvalue weighted by molar-refractivity contribution is 0.00719. The molecule has 1 aliphatic rings. The number of carbonyl (C=O) groups excluding carboxylic acids is 1. The lowest BCUT2D eigenvalue weighted by Crippen LogP contribution is -2.52. The molecule has 0 saturated carbocycles. The highest BCUT2D eigenvalue weighted by Crippen LogP contribution is 2.12. The molecule has 1 aromatic heterocycles. The van der Waals surface area contributed by atoms with E-state index >= 15 is 0 Å². The van der Waals surface area contributed by atoms with Crippen molar-refractivity contribution in [3.8, 4) is 0 Å². The Hall–Kier alpha value is -1.60. The zero-order valence-electron chi connectivity index (χ0n) is 12.8. The molecular weight excluding hydrogens is 270 g/mol. The Kier molecular flexibility index (Phi) is 6.01. The van der Waals surface area contributed by atoms with Gasteiger partial charge in [0.15, 0.2) is 0 Å². The molecule has 1 aromatic rings. The predicted octanol–water partition coefficient (Wildman–Crippen LogP) is 0.566. The van der Waals surface area contributed by atoms with Crippen LogP contribution >= 0.6 is 0 Å². The van der Waals surface area contributed by atoms with Gasteiger partial charge in [-0.3, -0.25) is 10.00 Å². The number of nitrogens with one attached hydrogen (secondary N) is 3. The van der Waals surface area contributed by atoms with Gasteiger partial charge in [-0.15, -0.1) is 0 Å². The zero-order valence-corrected chi connectivity index (χ0v) is 12.8. The molecule has 0 unspecified atom stereocenters. The average Bonchev–Trinajstić information content (AvgIpc) is 2.99. The fourth-order valence-electron chi connectivity index (χ4n) is 2.51. The molecule has 2 rings (SSSR count). The van der Waals surface area contributed by atoms with Crippen LogP contribution in [0.3, 0.4) is 0 Å². The maximum absolute atomic E-state index is 11.8. The zero-order chi connectivity index (χ0) is 15.1. The van der Waals surface area contributed by atoms with Crippen LogP contribution in [-0.4, -0.2) is 60.0 Å². The number of rotatable bonds is 6. The fourth-order valence-corrected chi connectivity index (χ4v) is 2.51. The van der Waals surface area contributed by atoms with E-state index in [0.717, 1.165) is 32.0 Å². The van der Waals surface area contributed by atoms with E-state index in [-0.39, 0.29) is 6.03 Å². The third-order valence-electron chi connectivity index (χ3n) is 3.75. The van der Waals surface area contributed by atoms with E-state index < -0.39 is 0 Å². The van der Waals surface area contributed by atoms with E-state index in [1.54, 1.807) is 6.20 Å². The Labute approximate surface area is 125 Å². The van der Waals surface area contributed by atoms with Gasteiger partial charge in [-0.25, -0.2) is 4.79 Å². The van der Waals surface area contributed by atoms with Gasteiger partial charge >= 0.3 is 6.03 Å². The first-order chi connectivity index (χ1) is 10.2. The molecule has 1 atom stereocenters. The van der Waals surface area contributed by atoms with Crippen molar-refractivity contribution in [1.82, 2.24) is 25.7 Å². The predicted molar refractivity (Wildman–Crippen MR) is 79.8 cm³/mol. The van der Waals surface area contributed by atoms with E-state index in [1.807, 2.05) is 6.07 Å². The highest BCUT2D eigenvalue weighted by atomic mass is 16.5. The van der Waals surface area contributed by atoms with Gasteiger partial charge in [0.25, 0.3) is 0 Å². The lowest BCUT2D eigenvalue weighted by Gasteiger charge is -2.36. The van der Waals surface area contributed by atoms with Gasteiger partial charge in [0, 0.05) is 31.9 Å². The second kappa shape index (κ2) is 7.99. The second-order valence-corrected chi connectivity index (χ2v) is 5.61. The van der Waals surface area contributed by atoms with Crippen molar-refractivity contribution in [2.75, 3.05) is 32.8 Å². The summed E-state index contributed by atoms with van der Waals surface area (Å²) in [5, 5.41) is 12.4. The smallest absolute Gasteiger partial charge is 0.315 e. The molecule has 118 valence electrons. The number of ether oxygens (including phenoxy) is 1. The van der Waals surface area contributed by atoms with Gasteiger partial charge in [0.1, 0.15) is 0 Å². The van der Waals surface area contributed by atoms with Gasteiger partial charge < -0.3 is 15.4 Å². The first kappa shape index (κ1) is 15.8. The van der Waals surface area contributed by atoms with Crippen LogP contribution in [0, 0.1) is 5.92 Å². The Balaban J connectivity index is 1.74. The van der Waals surface area contributed by atoms with Crippen LogP contribution in [0.25, 0.3) is 0 Å². The van der Waals surface area contributed by atoms with Crippen molar-refractivity contribution in [3.63, 3.8) is 0 Å². The summed E-state index contributed by atoms with van der Waals surface area (Å²) >= 11 is 0. The standard InChI is InChI=1S/C14H25N5O2/c1-11(2)13(19-5-7-21-8-6-19)10-16-14(20)15-9-12-3-4-17-18-12/h3-4,11,13H,5-10H2,1-2H3,(H,17,18)(H2,15,16,20)/t13-/m0/s1. The summed E-state index contributed by atoms with van der Waals surface area (Å²) in [5.41, 5.74) is 0.888. The molecule has 7 nitrogen and oxygen atoms in total.